The Balaban J connectivity index is 2.19. The Morgan fingerprint density at radius 3 is 2.75 bits per heavy atom. The van der Waals surface area contributed by atoms with Crippen molar-refractivity contribution in [1.29, 1.82) is 5.26 Å². The normalized spacial score (nSPS) is 9.85. The van der Waals surface area contributed by atoms with Crippen LogP contribution >= 0.6 is 11.6 Å². The van der Waals surface area contributed by atoms with E-state index in [0.29, 0.717) is 21.9 Å². The molecule has 2 aromatic carbocycles. The summed E-state index contributed by atoms with van der Waals surface area (Å²) in [6.07, 6.45) is 0. The molecule has 0 aliphatic heterocycles. The van der Waals surface area contributed by atoms with Gasteiger partial charge in [-0.2, -0.15) is 5.26 Å². The highest BCUT2D eigenvalue weighted by atomic mass is 35.5. The molecule has 0 aromatic heterocycles. The van der Waals surface area contributed by atoms with Gasteiger partial charge in [0.05, 0.1) is 0 Å². The van der Waals surface area contributed by atoms with E-state index < -0.39 is 5.78 Å². The molecule has 4 heteroatoms. The fraction of sp³-hybridized carbons (Fsp3) is 0.125. The standard InChI is InChI=1S/C16H12ClNO2/c1-11-8-13(17)6-7-16(11)20-10-12-4-2-3-5-14(12)15(19)9-18/h2-8H,10H2,1H3. The molecule has 0 heterocycles. The number of hydrogen-bond donors (Lipinski definition) is 0. The van der Waals surface area contributed by atoms with Crippen LogP contribution in [0.1, 0.15) is 21.5 Å². The molecular weight excluding hydrogens is 274 g/mol. The van der Waals surface area contributed by atoms with Crippen LogP contribution in [0.3, 0.4) is 0 Å². The third-order valence-electron chi connectivity index (χ3n) is 2.88. The summed E-state index contributed by atoms with van der Waals surface area (Å²) in [5, 5.41) is 9.37. The van der Waals surface area contributed by atoms with Crippen LogP contribution < -0.4 is 4.74 Å². The van der Waals surface area contributed by atoms with Gasteiger partial charge in [-0.25, -0.2) is 0 Å². The SMILES string of the molecule is Cc1cc(Cl)ccc1OCc1ccccc1C(=O)C#N. The molecule has 0 amide bonds. The number of aryl methyl sites for hydroxylation is 1. The van der Waals surface area contributed by atoms with Crippen molar-refractivity contribution >= 4 is 17.4 Å². The van der Waals surface area contributed by atoms with Gasteiger partial charge in [0.25, 0.3) is 5.78 Å². The van der Waals surface area contributed by atoms with Gasteiger partial charge < -0.3 is 4.74 Å². The van der Waals surface area contributed by atoms with Gasteiger partial charge in [-0.05, 0) is 36.8 Å². The number of carbonyl (C=O) groups is 1. The van der Waals surface area contributed by atoms with Crippen LogP contribution in [-0.4, -0.2) is 5.78 Å². The van der Waals surface area contributed by atoms with E-state index in [0.717, 1.165) is 5.56 Å². The summed E-state index contributed by atoms with van der Waals surface area (Å²) in [7, 11) is 0. The number of halogens is 1. The van der Waals surface area contributed by atoms with Gasteiger partial charge in [0, 0.05) is 16.1 Å². The molecule has 0 N–H and O–H groups in total. The first-order chi connectivity index (χ1) is 9.61. The minimum atomic E-state index is -0.558. The summed E-state index contributed by atoms with van der Waals surface area (Å²) < 4.78 is 5.69. The predicted octanol–water partition coefficient (Wildman–Crippen LogP) is 3.93. The van der Waals surface area contributed by atoms with Crippen molar-refractivity contribution in [3.05, 3.63) is 64.2 Å². The summed E-state index contributed by atoms with van der Waals surface area (Å²) in [6.45, 7) is 2.12. The lowest BCUT2D eigenvalue weighted by molar-refractivity contribution is 0.105. The van der Waals surface area contributed by atoms with Crippen molar-refractivity contribution in [1.82, 2.24) is 0 Å². The monoisotopic (exact) mass is 285 g/mol. The smallest absolute Gasteiger partial charge is 0.262 e. The second kappa shape index (κ2) is 6.23. The zero-order valence-electron chi connectivity index (χ0n) is 10.9. The highest BCUT2D eigenvalue weighted by Crippen LogP contribution is 2.23. The van der Waals surface area contributed by atoms with Gasteiger partial charge in [-0.15, -0.1) is 0 Å². The fourth-order valence-corrected chi connectivity index (χ4v) is 2.08. The Labute approximate surface area is 122 Å². The number of ether oxygens (including phenoxy) is 1. The van der Waals surface area contributed by atoms with Crippen molar-refractivity contribution < 1.29 is 9.53 Å². The van der Waals surface area contributed by atoms with E-state index in [1.807, 2.05) is 19.1 Å². The first-order valence-corrected chi connectivity index (χ1v) is 6.41. The third kappa shape index (κ3) is 3.17. The molecule has 2 aromatic rings. The van der Waals surface area contributed by atoms with Crippen LogP contribution in [0.15, 0.2) is 42.5 Å². The maximum Gasteiger partial charge on any atom is 0.262 e. The maximum atomic E-state index is 11.5. The maximum absolute atomic E-state index is 11.5. The van der Waals surface area contributed by atoms with Gasteiger partial charge in [-0.3, -0.25) is 4.79 Å². The van der Waals surface area contributed by atoms with Crippen molar-refractivity contribution in [3.63, 3.8) is 0 Å². The lowest BCUT2D eigenvalue weighted by Gasteiger charge is -2.11. The van der Waals surface area contributed by atoms with Crippen LogP contribution in [0, 0.1) is 18.3 Å². The van der Waals surface area contributed by atoms with Crippen LogP contribution in [0.2, 0.25) is 5.02 Å². The van der Waals surface area contributed by atoms with Gasteiger partial charge in [0.2, 0.25) is 0 Å². The number of carbonyl (C=O) groups excluding carboxylic acids is 1. The summed E-state index contributed by atoms with van der Waals surface area (Å²) in [5.74, 6) is 0.144. The van der Waals surface area contributed by atoms with Crippen LogP contribution in [-0.2, 0) is 6.61 Å². The Kier molecular flexibility index (Phi) is 4.39. The molecule has 20 heavy (non-hydrogen) atoms. The first kappa shape index (κ1) is 14.1. The van der Waals surface area contributed by atoms with Crippen LogP contribution in [0.25, 0.3) is 0 Å². The van der Waals surface area contributed by atoms with Gasteiger partial charge in [-0.1, -0.05) is 29.8 Å². The lowest BCUT2D eigenvalue weighted by Crippen LogP contribution is -2.05. The zero-order valence-corrected chi connectivity index (χ0v) is 11.6. The second-order valence-electron chi connectivity index (χ2n) is 4.30. The molecule has 0 fully saturated rings. The molecule has 0 bridgehead atoms. The zero-order chi connectivity index (χ0) is 14.5. The molecule has 0 aliphatic carbocycles. The minimum Gasteiger partial charge on any atom is -0.489 e. The van der Waals surface area contributed by atoms with Crippen molar-refractivity contribution in [2.75, 3.05) is 0 Å². The third-order valence-corrected chi connectivity index (χ3v) is 3.12. The average molecular weight is 286 g/mol. The van der Waals surface area contributed by atoms with E-state index in [2.05, 4.69) is 0 Å². The topological polar surface area (TPSA) is 50.1 Å². The highest BCUT2D eigenvalue weighted by Gasteiger charge is 2.10. The number of rotatable bonds is 4. The Morgan fingerprint density at radius 1 is 1.30 bits per heavy atom. The first-order valence-electron chi connectivity index (χ1n) is 6.03. The summed E-state index contributed by atoms with van der Waals surface area (Å²) >= 11 is 5.88. The second-order valence-corrected chi connectivity index (χ2v) is 4.73. The number of hydrogen-bond acceptors (Lipinski definition) is 3. The number of nitrogens with zero attached hydrogens (tertiary/aromatic N) is 1. The Bertz CT molecular complexity index is 689. The minimum absolute atomic E-state index is 0.228. The quantitative estimate of drug-likeness (QED) is 0.631. The van der Waals surface area contributed by atoms with E-state index in [4.69, 9.17) is 21.6 Å². The number of benzene rings is 2. The molecule has 0 atom stereocenters. The van der Waals surface area contributed by atoms with Gasteiger partial charge in [0.15, 0.2) is 0 Å². The highest BCUT2D eigenvalue weighted by molar-refractivity contribution is 6.30. The van der Waals surface area contributed by atoms with E-state index in [9.17, 15) is 4.79 Å². The fourth-order valence-electron chi connectivity index (χ4n) is 1.86. The van der Waals surface area contributed by atoms with E-state index in [-0.39, 0.29) is 6.61 Å². The molecule has 0 saturated carbocycles. The molecule has 0 spiro atoms. The van der Waals surface area contributed by atoms with Crippen molar-refractivity contribution in [2.24, 2.45) is 0 Å². The van der Waals surface area contributed by atoms with E-state index in [1.165, 1.54) is 0 Å². The Hall–Kier alpha value is -2.31. The predicted molar refractivity (Wildman–Crippen MR) is 76.9 cm³/mol. The van der Waals surface area contributed by atoms with Crippen molar-refractivity contribution in [3.8, 4) is 11.8 Å². The summed E-state index contributed by atoms with van der Waals surface area (Å²) in [6, 6.07) is 13.9. The van der Waals surface area contributed by atoms with Crippen LogP contribution in [0.5, 0.6) is 5.75 Å². The molecule has 2 rings (SSSR count). The van der Waals surface area contributed by atoms with E-state index >= 15 is 0 Å². The van der Waals surface area contributed by atoms with Gasteiger partial charge in [0.1, 0.15) is 18.4 Å². The molecule has 0 unspecified atom stereocenters. The largest absolute Gasteiger partial charge is 0.489 e. The Morgan fingerprint density at radius 2 is 2.05 bits per heavy atom. The molecule has 3 nitrogen and oxygen atoms in total. The van der Waals surface area contributed by atoms with E-state index in [1.54, 1.807) is 36.4 Å². The lowest BCUT2D eigenvalue weighted by atomic mass is 10.1. The molecule has 0 saturated heterocycles. The molecule has 0 radical (unpaired) electrons. The molecule has 0 aliphatic rings. The molecule has 100 valence electrons. The molecular formula is C16H12ClNO2. The number of ketones is 1. The number of Topliss-reactive ketones (excluding diaryl/α,β-unsaturated/α-hetero) is 1. The number of nitriles is 1. The van der Waals surface area contributed by atoms with Crippen molar-refractivity contribution in [2.45, 2.75) is 13.5 Å². The summed E-state index contributed by atoms with van der Waals surface area (Å²) in [4.78, 5) is 11.5. The summed E-state index contributed by atoms with van der Waals surface area (Å²) in [5.41, 5.74) is 1.98. The average Bonchev–Trinajstić information content (AvgIpc) is 2.46. The van der Waals surface area contributed by atoms with Crippen LogP contribution in [0.4, 0.5) is 0 Å². The van der Waals surface area contributed by atoms with Gasteiger partial charge >= 0.3 is 0 Å².